The van der Waals surface area contributed by atoms with E-state index in [-0.39, 0.29) is 34.1 Å². The van der Waals surface area contributed by atoms with Crippen molar-refractivity contribution in [3.63, 3.8) is 0 Å². The Labute approximate surface area is 608 Å². The van der Waals surface area contributed by atoms with Crippen molar-refractivity contribution in [1.29, 1.82) is 10.5 Å². The van der Waals surface area contributed by atoms with E-state index in [9.17, 15) is 69.1 Å². The minimum atomic E-state index is -6.00. The maximum absolute atomic E-state index is 9.75. The number of hydrogen-bond donors (Lipinski definition) is 4. The van der Waals surface area contributed by atoms with Crippen LogP contribution in [0.3, 0.4) is 0 Å². The smallest absolute Gasteiger partial charge is 0.418 e. The van der Waals surface area contributed by atoms with Crippen molar-refractivity contribution < 1.29 is 103 Å². The second-order valence-corrected chi connectivity index (χ2v) is 23.0. The minimum absolute atomic E-state index is 0. The fourth-order valence-electron chi connectivity index (χ4n) is 11.6. The number of fused-ring (bicyclic) bond motifs is 12. The van der Waals surface area contributed by atoms with E-state index in [0.717, 1.165) is 162 Å². The van der Waals surface area contributed by atoms with Crippen LogP contribution in [-0.4, -0.2) is 93.1 Å². The molecule has 0 spiro atoms. The SMILES string of the molecule is CC#N.CC#N.F[B-](F)(F)F.F[B-](F)(F)F.F[B-](F)(F)F.F[B-](F)(F)F.[Fe+2].[Fe+2].c1cnc2c(c1)ccc1ccc(CN[C@H]3CCCC[C@H]3NCc3ccc4ccc5cccnc5c4n3)nc12.c1cnc2c(c1)ccc1ccc(CN[C@H]3CCCC[C@H]3NCc3ccc4ccc5cccnc5c4n3)nc12. The molecule has 0 radical (unpaired) electrons. The average Bonchev–Trinajstić information content (AvgIpc) is 0.809. The number of nitrogens with zero attached hydrogens (tertiary/aromatic N) is 10. The van der Waals surface area contributed by atoms with Crippen LogP contribution in [-0.2, 0) is 60.3 Å². The molecule has 2 aliphatic rings. The summed E-state index contributed by atoms with van der Waals surface area (Å²) in [6, 6.07) is 55.5. The van der Waals surface area contributed by atoms with Crippen LogP contribution in [0.4, 0.5) is 69.1 Å². The number of nitrogens with one attached hydrogen (secondary N) is 4. The van der Waals surface area contributed by atoms with Crippen molar-refractivity contribution in [1.82, 2.24) is 61.1 Å². The summed E-state index contributed by atoms with van der Waals surface area (Å²) in [4.78, 5) is 38.4. The summed E-state index contributed by atoms with van der Waals surface area (Å²) in [7, 11) is -24.0. The Morgan fingerprint density at radius 2 is 0.452 bits per heavy atom. The van der Waals surface area contributed by atoms with Gasteiger partial charge in [0.15, 0.2) is 0 Å². The van der Waals surface area contributed by atoms with Gasteiger partial charge < -0.3 is 90.3 Å². The summed E-state index contributed by atoms with van der Waals surface area (Å²) < 4.78 is 156. The normalized spacial score (nSPS) is 15.6. The first-order valence-electron chi connectivity index (χ1n) is 32.0. The Morgan fingerprint density at radius 1 is 0.298 bits per heavy atom. The summed E-state index contributed by atoms with van der Waals surface area (Å²) in [5.74, 6) is 0. The van der Waals surface area contributed by atoms with Gasteiger partial charge in [-0.15, -0.1) is 0 Å². The van der Waals surface area contributed by atoms with Crippen LogP contribution in [0.2, 0.25) is 0 Å². The van der Waals surface area contributed by atoms with E-state index in [0.29, 0.717) is 24.2 Å². The van der Waals surface area contributed by atoms with E-state index in [2.05, 4.69) is 163 Å². The third-order valence-electron chi connectivity index (χ3n) is 15.7. The molecule has 36 heteroatoms. The van der Waals surface area contributed by atoms with Crippen molar-refractivity contribution in [2.45, 2.75) is 116 Å². The molecule has 4 N–H and O–H groups in total. The summed E-state index contributed by atoms with van der Waals surface area (Å²) in [6.07, 6.45) is 17.0. The molecule has 104 heavy (non-hydrogen) atoms. The van der Waals surface area contributed by atoms with Gasteiger partial charge in [-0.2, -0.15) is 10.5 Å². The van der Waals surface area contributed by atoms with E-state index in [1.807, 2.05) is 49.1 Å². The topological polar surface area (TPSA) is 199 Å². The molecule has 4 atom stereocenters. The molecular weight excluding hydrogens is 1470 g/mol. The maximum Gasteiger partial charge on any atom is 2.00 e. The van der Waals surface area contributed by atoms with Crippen LogP contribution >= 0.6 is 0 Å². The number of halogens is 16. The van der Waals surface area contributed by atoms with Gasteiger partial charge in [0, 0.05) is 132 Å². The van der Waals surface area contributed by atoms with Gasteiger partial charge in [-0.05, 0) is 74.2 Å². The fraction of sp³-hybridized carbons (Fsp3) is 0.265. The Balaban J connectivity index is 0.000000276. The van der Waals surface area contributed by atoms with Gasteiger partial charge >= 0.3 is 63.2 Å². The third kappa shape index (κ3) is 29.0. The molecule has 548 valence electrons. The number of nitriles is 2. The summed E-state index contributed by atoms with van der Waals surface area (Å²) in [6.45, 7) is 5.84. The number of rotatable bonds is 12. The van der Waals surface area contributed by atoms with Gasteiger partial charge in [-0.3, -0.25) is 19.9 Å². The predicted octanol–water partition coefficient (Wildman–Crippen LogP) is 18.4. The van der Waals surface area contributed by atoms with Crippen molar-refractivity contribution in [3.05, 3.63) is 193 Å². The molecular formula is C68H66B4F16Fe2N14. The zero-order valence-electron chi connectivity index (χ0n) is 55.5. The molecule has 2 aliphatic carbocycles. The van der Waals surface area contributed by atoms with Gasteiger partial charge in [0.25, 0.3) is 0 Å². The molecule has 2 fully saturated rings. The molecule has 8 aromatic heterocycles. The Hall–Kier alpha value is -8.84. The van der Waals surface area contributed by atoms with Gasteiger partial charge in [-0.1, -0.05) is 123 Å². The van der Waals surface area contributed by atoms with Crippen LogP contribution in [0, 0.1) is 22.7 Å². The van der Waals surface area contributed by atoms with Gasteiger partial charge in [0.1, 0.15) is 0 Å². The van der Waals surface area contributed by atoms with Crippen molar-refractivity contribution in [3.8, 4) is 12.1 Å². The first kappa shape index (κ1) is 85.8. The van der Waals surface area contributed by atoms with Crippen LogP contribution in [0.25, 0.3) is 87.2 Å². The van der Waals surface area contributed by atoms with Crippen LogP contribution < -0.4 is 21.3 Å². The molecule has 8 heterocycles. The molecule has 0 amide bonds. The number of aromatic nitrogens is 8. The van der Waals surface area contributed by atoms with E-state index < -0.39 is 29.0 Å². The van der Waals surface area contributed by atoms with E-state index in [4.69, 9.17) is 30.5 Å². The van der Waals surface area contributed by atoms with Crippen LogP contribution in [0.5, 0.6) is 0 Å². The number of pyridine rings is 8. The van der Waals surface area contributed by atoms with Gasteiger partial charge in [0.05, 0.1) is 79.0 Å². The summed E-state index contributed by atoms with van der Waals surface area (Å²) in [5.41, 5.74) is 12.0. The fourth-order valence-corrected chi connectivity index (χ4v) is 11.6. The zero-order valence-corrected chi connectivity index (χ0v) is 57.7. The second kappa shape index (κ2) is 41.0. The third-order valence-corrected chi connectivity index (χ3v) is 15.7. The molecule has 4 aromatic carbocycles. The predicted molar refractivity (Wildman–Crippen MR) is 371 cm³/mol. The van der Waals surface area contributed by atoms with Gasteiger partial charge in [0.2, 0.25) is 0 Å². The van der Waals surface area contributed by atoms with Gasteiger partial charge in [-0.25, -0.2) is 19.9 Å². The van der Waals surface area contributed by atoms with Crippen molar-refractivity contribution >= 4 is 116 Å². The monoisotopic (exact) mass is 1540 g/mol. The standard InChI is InChI=1S/2C32H30N6.2C2H3N.4BF4.2Fe/c2*1-2-8-28(36-20-26-16-14-24-12-10-22-6-4-18-34-30(22)32(24)38-26)27(7-1)35-19-25-15-13-23-11-9-21-5-3-17-33-29(21)31(23)37-25;2*1-2-3;4*2-1(3,4)5;;/h2*3-6,9-18,27-28,35-36H,1-2,7-8,19-20H2;2*1H3;;;;;;/q;;;;4*-1;2*+2/t2*27-,28+;;;;;;;;. The molecule has 2 saturated carbocycles. The molecule has 0 unspecified atom stereocenters. The largest absolute Gasteiger partial charge is 2.00 e. The first-order chi connectivity index (χ1) is 48.5. The molecule has 0 aliphatic heterocycles. The molecule has 0 bridgehead atoms. The molecule has 12 aromatic rings. The summed E-state index contributed by atoms with van der Waals surface area (Å²) >= 11 is 0. The average molecular weight is 1540 g/mol. The molecule has 0 saturated heterocycles. The Kier molecular flexibility index (Phi) is 33.8. The molecule has 14 rings (SSSR count). The number of hydrogen-bond acceptors (Lipinski definition) is 14. The van der Waals surface area contributed by atoms with E-state index in [1.54, 1.807) is 12.1 Å². The van der Waals surface area contributed by atoms with E-state index >= 15 is 0 Å². The first-order valence-corrected chi connectivity index (χ1v) is 32.0. The Bertz CT molecular complexity index is 4180. The number of benzene rings is 4. The van der Waals surface area contributed by atoms with E-state index in [1.165, 1.54) is 39.5 Å². The quantitative estimate of drug-likeness (QED) is 0.0512. The summed E-state index contributed by atoms with van der Waals surface area (Å²) in [5, 5.41) is 38.9. The Morgan fingerprint density at radius 3 is 0.625 bits per heavy atom. The van der Waals surface area contributed by atoms with Crippen LogP contribution in [0.15, 0.2) is 170 Å². The van der Waals surface area contributed by atoms with Crippen molar-refractivity contribution in [2.24, 2.45) is 0 Å². The maximum atomic E-state index is 9.75. The van der Waals surface area contributed by atoms with Crippen LogP contribution in [0.1, 0.15) is 88.0 Å². The molecule has 14 nitrogen and oxygen atoms in total. The zero-order chi connectivity index (χ0) is 74.0. The second-order valence-electron chi connectivity index (χ2n) is 23.0. The van der Waals surface area contributed by atoms with Crippen molar-refractivity contribution in [2.75, 3.05) is 0 Å². The minimum Gasteiger partial charge on any atom is -0.418 e.